The molecule has 6 heteroatoms. The number of rotatable bonds is 6. The van der Waals surface area contributed by atoms with Crippen LogP contribution in [-0.2, 0) is 0 Å². The molecule has 0 aliphatic carbocycles. The van der Waals surface area contributed by atoms with Crippen LogP contribution in [0.3, 0.4) is 0 Å². The predicted octanol–water partition coefficient (Wildman–Crippen LogP) is 4.68. The van der Waals surface area contributed by atoms with Gasteiger partial charge in [-0.15, -0.1) is 12.4 Å². The van der Waals surface area contributed by atoms with Crippen molar-refractivity contribution < 1.29 is 19.0 Å². The van der Waals surface area contributed by atoms with E-state index in [0.717, 1.165) is 5.56 Å². The summed E-state index contributed by atoms with van der Waals surface area (Å²) in [7, 11) is 4.63. The van der Waals surface area contributed by atoms with Gasteiger partial charge in [0.25, 0.3) is 0 Å². The zero-order valence-corrected chi connectivity index (χ0v) is 15.1. The van der Waals surface area contributed by atoms with Crippen LogP contribution in [0, 0.1) is 0 Å². The van der Waals surface area contributed by atoms with Gasteiger partial charge in [0, 0.05) is 10.6 Å². The molecule has 0 saturated carbocycles. The van der Waals surface area contributed by atoms with Gasteiger partial charge in [0.05, 0.1) is 21.3 Å². The summed E-state index contributed by atoms with van der Waals surface area (Å²) in [5.41, 5.74) is 1.33. The number of allylic oxidation sites excluding steroid dienone is 1. The Hall–Kier alpha value is -2.17. The van der Waals surface area contributed by atoms with Crippen LogP contribution in [-0.4, -0.2) is 27.1 Å². The van der Waals surface area contributed by atoms with Crippen molar-refractivity contribution in [2.75, 3.05) is 21.3 Å². The third-order valence-corrected chi connectivity index (χ3v) is 3.49. The first-order chi connectivity index (χ1) is 11.1. The van der Waals surface area contributed by atoms with E-state index in [4.69, 9.17) is 25.8 Å². The monoisotopic (exact) mass is 368 g/mol. The first-order valence-corrected chi connectivity index (χ1v) is 7.24. The lowest BCUT2D eigenvalue weighted by atomic mass is 10.1. The number of carbonyl (C=O) groups is 1. The Labute approximate surface area is 152 Å². The summed E-state index contributed by atoms with van der Waals surface area (Å²) in [4.78, 5) is 12.1. The molecule has 4 nitrogen and oxygen atoms in total. The van der Waals surface area contributed by atoms with Gasteiger partial charge in [-0.1, -0.05) is 17.7 Å². The van der Waals surface area contributed by atoms with Crippen LogP contribution in [0.5, 0.6) is 17.2 Å². The van der Waals surface area contributed by atoms with Crippen LogP contribution >= 0.6 is 24.0 Å². The summed E-state index contributed by atoms with van der Waals surface area (Å²) in [5.74, 6) is 1.46. The number of ether oxygens (including phenoxy) is 3. The summed E-state index contributed by atoms with van der Waals surface area (Å²) < 4.78 is 15.8. The van der Waals surface area contributed by atoms with E-state index in [1.165, 1.54) is 6.08 Å². The minimum absolute atomic E-state index is 0. The van der Waals surface area contributed by atoms with Crippen molar-refractivity contribution in [3.63, 3.8) is 0 Å². The molecule has 0 N–H and O–H groups in total. The maximum atomic E-state index is 12.1. The van der Waals surface area contributed by atoms with Gasteiger partial charge < -0.3 is 14.2 Å². The number of ketones is 1. The standard InChI is InChI=1S/C18H17ClO4.ClH/c1-21-16-10-12(11-17(22-2)18(16)23-3)4-9-15(20)13-5-7-14(19)8-6-13;/h4-11H,1-3H3;1H. The first-order valence-electron chi connectivity index (χ1n) is 6.87. The lowest BCUT2D eigenvalue weighted by Gasteiger charge is -2.12. The fourth-order valence-electron chi connectivity index (χ4n) is 2.08. The average molecular weight is 369 g/mol. The van der Waals surface area contributed by atoms with Crippen LogP contribution in [0.15, 0.2) is 42.5 Å². The van der Waals surface area contributed by atoms with E-state index in [9.17, 15) is 4.79 Å². The summed E-state index contributed by atoms with van der Waals surface area (Å²) in [5, 5.41) is 0.593. The highest BCUT2D eigenvalue weighted by Gasteiger charge is 2.12. The smallest absolute Gasteiger partial charge is 0.203 e. The molecule has 0 saturated heterocycles. The lowest BCUT2D eigenvalue weighted by Crippen LogP contribution is -1.96. The molecule has 0 fully saturated rings. The topological polar surface area (TPSA) is 44.8 Å². The number of hydrogen-bond acceptors (Lipinski definition) is 4. The Morgan fingerprint density at radius 2 is 1.50 bits per heavy atom. The summed E-state index contributed by atoms with van der Waals surface area (Å²) in [6, 6.07) is 10.3. The molecular formula is C18H18Cl2O4. The average Bonchev–Trinajstić information content (AvgIpc) is 2.59. The molecular weight excluding hydrogens is 351 g/mol. The van der Waals surface area contributed by atoms with Crippen molar-refractivity contribution in [3.8, 4) is 17.2 Å². The van der Waals surface area contributed by atoms with Gasteiger partial charge in [0.15, 0.2) is 17.3 Å². The van der Waals surface area contributed by atoms with E-state index in [0.29, 0.717) is 27.8 Å². The van der Waals surface area contributed by atoms with Gasteiger partial charge in [0.2, 0.25) is 5.75 Å². The summed E-state index contributed by atoms with van der Waals surface area (Å²) in [6.07, 6.45) is 3.19. The minimum Gasteiger partial charge on any atom is -0.493 e. The Morgan fingerprint density at radius 3 is 1.96 bits per heavy atom. The minimum atomic E-state index is -0.115. The van der Waals surface area contributed by atoms with Gasteiger partial charge in [-0.25, -0.2) is 0 Å². The van der Waals surface area contributed by atoms with Gasteiger partial charge >= 0.3 is 0 Å². The van der Waals surface area contributed by atoms with Gasteiger partial charge in [-0.05, 0) is 48.0 Å². The van der Waals surface area contributed by atoms with E-state index in [1.54, 1.807) is 63.8 Å². The lowest BCUT2D eigenvalue weighted by molar-refractivity contribution is 0.104. The van der Waals surface area contributed by atoms with E-state index in [-0.39, 0.29) is 18.2 Å². The second kappa shape index (κ2) is 9.21. The Balaban J connectivity index is 0.00000288. The fraction of sp³-hybridized carbons (Fsp3) is 0.167. The molecule has 0 radical (unpaired) electrons. The molecule has 0 heterocycles. The largest absolute Gasteiger partial charge is 0.493 e. The quantitative estimate of drug-likeness (QED) is 0.548. The highest BCUT2D eigenvalue weighted by Crippen LogP contribution is 2.38. The third-order valence-electron chi connectivity index (χ3n) is 3.24. The van der Waals surface area contributed by atoms with Crippen molar-refractivity contribution in [3.05, 3.63) is 58.6 Å². The number of benzene rings is 2. The van der Waals surface area contributed by atoms with Crippen LogP contribution in [0.25, 0.3) is 6.08 Å². The molecule has 0 aromatic heterocycles. The maximum Gasteiger partial charge on any atom is 0.203 e. The zero-order valence-electron chi connectivity index (χ0n) is 13.5. The molecule has 0 spiro atoms. The molecule has 0 unspecified atom stereocenters. The first kappa shape index (κ1) is 19.9. The molecule has 0 aliphatic heterocycles. The Morgan fingerprint density at radius 1 is 0.958 bits per heavy atom. The molecule has 0 amide bonds. The van der Waals surface area contributed by atoms with Gasteiger partial charge in [-0.3, -0.25) is 4.79 Å². The normalized spacial score (nSPS) is 10.2. The molecule has 2 rings (SSSR count). The molecule has 0 bridgehead atoms. The highest BCUT2D eigenvalue weighted by atomic mass is 35.5. The van der Waals surface area contributed by atoms with Crippen LogP contribution in [0.2, 0.25) is 5.02 Å². The fourth-order valence-corrected chi connectivity index (χ4v) is 2.21. The van der Waals surface area contributed by atoms with E-state index >= 15 is 0 Å². The number of carbonyl (C=O) groups excluding carboxylic acids is 1. The number of halogens is 2. The second-order valence-corrected chi connectivity index (χ2v) is 5.10. The van der Waals surface area contributed by atoms with E-state index in [1.807, 2.05) is 0 Å². The van der Waals surface area contributed by atoms with Crippen molar-refractivity contribution in [1.29, 1.82) is 0 Å². The summed E-state index contributed by atoms with van der Waals surface area (Å²) in [6.45, 7) is 0. The third kappa shape index (κ3) is 4.66. The van der Waals surface area contributed by atoms with Crippen LogP contribution in [0.1, 0.15) is 15.9 Å². The number of hydrogen-bond donors (Lipinski definition) is 0. The highest BCUT2D eigenvalue weighted by molar-refractivity contribution is 6.30. The molecule has 2 aromatic rings. The van der Waals surface area contributed by atoms with E-state index < -0.39 is 0 Å². The van der Waals surface area contributed by atoms with E-state index in [2.05, 4.69) is 0 Å². The number of methoxy groups -OCH3 is 3. The Bertz CT molecular complexity index is 699. The zero-order chi connectivity index (χ0) is 16.8. The molecule has 2 aromatic carbocycles. The van der Waals surface area contributed by atoms with Gasteiger partial charge in [0.1, 0.15) is 0 Å². The van der Waals surface area contributed by atoms with Crippen molar-refractivity contribution in [2.45, 2.75) is 0 Å². The SMILES string of the molecule is COc1cc(C=CC(=O)c2ccc(Cl)cc2)cc(OC)c1OC.Cl. The van der Waals surface area contributed by atoms with Crippen molar-refractivity contribution in [2.24, 2.45) is 0 Å². The maximum absolute atomic E-state index is 12.1. The van der Waals surface area contributed by atoms with Crippen molar-refractivity contribution >= 4 is 35.9 Å². The second-order valence-electron chi connectivity index (χ2n) is 4.66. The summed E-state index contributed by atoms with van der Waals surface area (Å²) >= 11 is 5.82. The van der Waals surface area contributed by atoms with Gasteiger partial charge in [-0.2, -0.15) is 0 Å². The van der Waals surface area contributed by atoms with Crippen LogP contribution < -0.4 is 14.2 Å². The molecule has 24 heavy (non-hydrogen) atoms. The van der Waals surface area contributed by atoms with Crippen molar-refractivity contribution in [1.82, 2.24) is 0 Å². The van der Waals surface area contributed by atoms with Crippen LogP contribution in [0.4, 0.5) is 0 Å². The predicted molar refractivity (Wildman–Crippen MR) is 98.2 cm³/mol. The molecule has 0 aliphatic rings. The molecule has 128 valence electrons. The molecule has 0 atom stereocenters. The Kier molecular flexibility index (Phi) is 7.62.